The molecule has 0 radical (unpaired) electrons. The Labute approximate surface area is 217 Å². The zero-order chi connectivity index (χ0) is 26.8. The first-order chi connectivity index (χ1) is 16.7. The lowest BCUT2D eigenvalue weighted by Crippen LogP contribution is -2.28. The second kappa shape index (κ2) is 10.7. The third kappa shape index (κ3) is 6.72. The van der Waals surface area contributed by atoms with E-state index in [4.69, 9.17) is 16.7 Å². The molecule has 194 valence electrons. The molecule has 0 aliphatic heterocycles. The van der Waals surface area contributed by atoms with Crippen molar-refractivity contribution in [3.63, 3.8) is 0 Å². The number of carbonyl (C=O) groups excluding carboxylic acids is 1. The number of amides is 1. The van der Waals surface area contributed by atoms with Crippen molar-refractivity contribution in [2.45, 2.75) is 52.1 Å². The van der Waals surface area contributed by atoms with Gasteiger partial charge in [-0.1, -0.05) is 50.6 Å². The Morgan fingerprint density at radius 1 is 1.19 bits per heavy atom. The first kappa shape index (κ1) is 27.8. The standard InChI is InChI=1S/C26H32ClFN4O3S/c1-17(18-10-11-19(23(28)12-18)16-31(5)36(6,34)35)25(33)29-15-22-14-24(26(2,3)4)30-32(22)21-9-7-8-20(27)13-21/h7-14,17H,15-16H2,1-6H3,(H,29,33). The molecule has 10 heteroatoms. The fourth-order valence-electron chi connectivity index (χ4n) is 3.54. The Morgan fingerprint density at radius 3 is 2.47 bits per heavy atom. The molecule has 36 heavy (non-hydrogen) atoms. The van der Waals surface area contributed by atoms with Gasteiger partial charge < -0.3 is 5.32 Å². The monoisotopic (exact) mass is 534 g/mol. The lowest BCUT2D eigenvalue weighted by atomic mass is 9.92. The SMILES string of the molecule is CC(C(=O)NCc1cc(C(C)(C)C)nn1-c1cccc(Cl)c1)c1ccc(CN(C)S(C)(=O)=O)c(F)c1. The van der Waals surface area contributed by atoms with Crippen LogP contribution < -0.4 is 5.32 Å². The highest BCUT2D eigenvalue weighted by Crippen LogP contribution is 2.25. The molecule has 1 unspecified atom stereocenters. The van der Waals surface area contributed by atoms with Gasteiger partial charge >= 0.3 is 0 Å². The Balaban J connectivity index is 1.77. The molecular formula is C26H32ClFN4O3S. The van der Waals surface area contributed by atoms with Crippen LogP contribution in [0.5, 0.6) is 0 Å². The molecule has 0 saturated carbocycles. The molecule has 1 N–H and O–H groups in total. The van der Waals surface area contributed by atoms with Crippen LogP contribution in [-0.2, 0) is 33.3 Å². The van der Waals surface area contributed by atoms with Crippen LogP contribution >= 0.6 is 11.6 Å². The van der Waals surface area contributed by atoms with Crippen molar-refractivity contribution in [2.75, 3.05) is 13.3 Å². The van der Waals surface area contributed by atoms with Gasteiger partial charge in [0.2, 0.25) is 15.9 Å². The first-order valence-electron chi connectivity index (χ1n) is 11.5. The van der Waals surface area contributed by atoms with Gasteiger partial charge in [0.15, 0.2) is 0 Å². The Kier molecular flexibility index (Phi) is 8.27. The van der Waals surface area contributed by atoms with Crippen molar-refractivity contribution in [3.8, 4) is 5.69 Å². The van der Waals surface area contributed by atoms with E-state index in [1.807, 2.05) is 18.2 Å². The molecule has 1 heterocycles. The summed E-state index contributed by atoms with van der Waals surface area (Å²) in [7, 11) is -2.05. The maximum absolute atomic E-state index is 14.7. The Morgan fingerprint density at radius 2 is 1.89 bits per heavy atom. The van der Waals surface area contributed by atoms with Gasteiger partial charge in [-0.25, -0.2) is 21.8 Å². The zero-order valence-corrected chi connectivity index (χ0v) is 22.9. The molecule has 1 atom stereocenters. The molecule has 1 amide bonds. The molecule has 0 aliphatic carbocycles. The predicted molar refractivity (Wildman–Crippen MR) is 140 cm³/mol. The summed E-state index contributed by atoms with van der Waals surface area (Å²) in [5.41, 5.74) is 2.98. The van der Waals surface area contributed by atoms with Crippen LogP contribution in [0.3, 0.4) is 0 Å². The number of nitrogens with one attached hydrogen (secondary N) is 1. The van der Waals surface area contributed by atoms with E-state index in [2.05, 4.69) is 26.1 Å². The van der Waals surface area contributed by atoms with Gasteiger partial charge in [0.05, 0.1) is 35.8 Å². The number of nitrogens with zero attached hydrogens (tertiary/aromatic N) is 3. The van der Waals surface area contributed by atoms with Crippen molar-refractivity contribution >= 4 is 27.5 Å². The number of sulfonamides is 1. The fourth-order valence-corrected chi connectivity index (χ4v) is 4.10. The average Bonchev–Trinajstić information content (AvgIpc) is 3.22. The summed E-state index contributed by atoms with van der Waals surface area (Å²) in [6.45, 7) is 8.02. The Hall–Kier alpha value is -2.75. The molecule has 1 aromatic heterocycles. The highest BCUT2D eigenvalue weighted by Gasteiger charge is 2.23. The lowest BCUT2D eigenvalue weighted by molar-refractivity contribution is -0.122. The van der Waals surface area contributed by atoms with E-state index in [9.17, 15) is 17.6 Å². The van der Waals surface area contributed by atoms with Crippen LogP contribution in [0.2, 0.25) is 5.02 Å². The van der Waals surface area contributed by atoms with Gasteiger partial charge in [0.25, 0.3) is 0 Å². The quantitative estimate of drug-likeness (QED) is 0.451. The molecule has 0 aliphatic rings. The van der Waals surface area contributed by atoms with Crippen LogP contribution in [0, 0.1) is 5.82 Å². The molecule has 7 nitrogen and oxygen atoms in total. The number of hydrogen-bond donors (Lipinski definition) is 1. The van der Waals surface area contributed by atoms with Crippen molar-refractivity contribution in [1.82, 2.24) is 19.4 Å². The number of halogens is 2. The van der Waals surface area contributed by atoms with Crippen LogP contribution in [-0.4, -0.2) is 41.7 Å². The topological polar surface area (TPSA) is 84.3 Å². The largest absolute Gasteiger partial charge is 0.350 e. The van der Waals surface area contributed by atoms with E-state index in [1.165, 1.54) is 19.2 Å². The zero-order valence-electron chi connectivity index (χ0n) is 21.3. The van der Waals surface area contributed by atoms with E-state index in [0.29, 0.717) is 10.6 Å². The van der Waals surface area contributed by atoms with Crippen molar-refractivity contribution < 1.29 is 17.6 Å². The van der Waals surface area contributed by atoms with E-state index in [-0.39, 0.29) is 30.0 Å². The van der Waals surface area contributed by atoms with Gasteiger partial charge in [-0.3, -0.25) is 4.79 Å². The molecule has 3 aromatic rings. The van der Waals surface area contributed by atoms with Crippen LogP contribution in [0.1, 0.15) is 56.1 Å². The van der Waals surface area contributed by atoms with Crippen molar-refractivity contribution in [3.05, 3.63) is 81.9 Å². The highest BCUT2D eigenvalue weighted by atomic mass is 35.5. The number of aromatic nitrogens is 2. The summed E-state index contributed by atoms with van der Waals surface area (Å²) in [4.78, 5) is 13.0. The third-order valence-corrected chi connectivity index (χ3v) is 7.47. The summed E-state index contributed by atoms with van der Waals surface area (Å²) >= 11 is 6.18. The van der Waals surface area contributed by atoms with Crippen molar-refractivity contribution in [2.24, 2.45) is 0 Å². The van der Waals surface area contributed by atoms with Crippen LogP contribution in [0.4, 0.5) is 4.39 Å². The van der Waals surface area contributed by atoms with Gasteiger partial charge in [-0.2, -0.15) is 5.10 Å². The van der Waals surface area contributed by atoms with Gasteiger partial charge in [-0.05, 0) is 42.8 Å². The molecule has 2 aromatic carbocycles. The summed E-state index contributed by atoms with van der Waals surface area (Å²) in [6.07, 6.45) is 1.06. The van der Waals surface area contributed by atoms with E-state index < -0.39 is 21.8 Å². The van der Waals surface area contributed by atoms with E-state index in [0.717, 1.165) is 27.6 Å². The minimum Gasteiger partial charge on any atom is -0.350 e. The average molecular weight is 535 g/mol. The third-order valence-electron chi connectivity index (χ3n) is 5.98. The summed E-state index contributed by atoms with van der Waals surface area (Å²) in [5, 5.41) is 8.26. The molecule has 0 spiro atoms. The molecule has 0 fully saturated rings. The smallest absolute Gasteiger partial charge is 0.227 e. The normalized spacial score (nSPS) is 13.1. The van der Waals surface area contributed by atoms with Gasteiger partial charge in [0.1, 0.15) is 5.82 Å². The van der Waals surface area contributed by atoms with Gasteiger partial charge in [-0.15, -0.1) is 0 Å². The lowest BCUT2D eigenvalue weighted by Gasteiger charge is -2.17. The number of benzene rings is 2. The van der Waals surface area contributed by atoms with Crippen molar-refractivity contribution in [1.29, 1.82) is 0 Å². The predicted octanol–water partition coefficient (Wildman–Crippen LogP) is 4.77. The maximum Gasteiger partial charge on any atom is 0.227 e. The molecule has 0 bridgehead atoms. The summed E-state index contributed by atoms with van der Waals surface area (Å²) < 4.78 is 40.8. The highest BCUT2D eigenvalue weighted by molar-refractivity contribution is 7.88. The van der Waals surface area contributed by atoms with E-state index >= 15 is 0 Å². The fraction of sp³-hybridized carbons (Fsp3) is 0.385. The molecule has 0 saturated heterocycles. The summed E-state index contributed by atoms with van der Waals surface area (Å²) in [5.74, 6) is -1.45. The molecule has 3 rings (SSSR count). The number of carbonyl (C=O) groups is 1. The first-order valence-corrected chi connectivity index (χ1v) is 13.7. The summed E-state index contributed by atoms with van der Waals surface area (Å²) in [6, 6.07) is 13.7. The van der Waals surface area contributed by atoms with Crippen LogP contribution in [0.15, 0.2) is 48.5 Å². The number of hydrogen-bond acceptors (Lipinski definition) is 4. The van der Waals surface area contributed by atoms with Gasteiger partial charge in [0, 0.05) is 29.6 Å². The minimum absolute atomic E-state index is 0.0882. The molecular weight excluding hydrogens is 503 g/mol. The minimum atomic E-state index is -3.44. The maximum atomic E-state index is 14.7. The number of rotatable bonds is 8. The van der Waals surface area contributed by atoms with E-state index in [1.54, 1.807) is 29.8 Å². The second-order valence-electron chi connectivity index (χ2n) is 9.97. The Bertz CT molecular complexity index is 1370. The second-order valence-corrected chi connectivity index (χ2v) is 12.5. The van der Waals surface area contributed by atoms with Crippen LogP contribution in [0.25, 0.3) is 5.69 Å².